The van der Waals surface area contributed by atoms with E-state index in [2.05, 4.69) is 5.32 Å². The maximum absolute atomic E-state index is 14.2. The monoisotopic (exact) mass is 328 g/mol. The van der Waals surface area contributed by atoms with Gasteiger partial charge < -0.3 is 5.32 Å². The Kier molecular flexibility index (Phi) is 4.34. The molecule has 3 rings (SSSR count). The van der Waals surface area contributed by atoms with Gasteiger partial charge in [-0.2, -0.15) is 0 Å². The second kappa shape index (κ2) is 6.58. The van der Waals surface area contributed by atoms with Crippen LogP contribution in [0, 0.1) is 15.9 Å². The van der Waals surface area contributed by atoms with Crippen molar-refractivity contribution in [2.75, 3.05) is 5.32 Å². The second-order valence-electron chi connectivity index (χ2n) is 4.92. The summed E-state index contributed by atoms with van der Waals surface area (Å²) in [5, 5.41) is 15.8. The number of hydrogen-bond donors (Lipinski definition) is 1. The molecular weight excluding hydrogens is 315 g/mol. The molecule has 3 aromatic rings. The van der Waals surface area contributed by atoms with Gasteiger partial charge in [0.2, 0.25) is 0 Å². The van der Waals surface area contributed by atoms with Crippen molar-refractivity contribution in [3.8, 4) is 0 Å². The number of nitro groups is 1. The molecule has 1 aromatic heterocycles. The summed E-state index contributed by atoms with van der Waals surface area (Å²) >= 11 is 1.57. The number of anilines is 1. The van der Waals surface area contributed by atoms with E-state index in [1.165, 1.54) is 12.1 Å². The van der Waals surface area contributed by atoms with Crippen LogP contribution in [-0.4, -0.2) is 4.92 Å². The molecule has 1 N–H and O–H groups in total. The molecule has 2 aromatic carbocycles. The van der Waals surface area contributed by atoms with E-state index in [-0.39, 0.29) is 17.4 Å². The smallest absolute Gasteiger partial charge is 0.272 e. The van der Waals surface area contributed by atoms with E-state index in [1.807, 2.05) is 47.8 Å². The molecule has 1 heterocycles. The van der Waals surface area contributed by atoms with Crippen LogP contribution >= 0.6 is 11.3 Å². The summed E-state index contributed by atoms with van der Waals surface area (Å²) in [6.07, 6.45) is 0. The predicted octanol–water partition coefficient (Wildman–Crippen LogP) is 5.00. The standard InChI is InChI=1S/C17H13FN2O2S/c18-14-11-13(20(21)22)8-9-15(14)19-17(16-7-4-10-23-16)12-5-2-1-3-6-12/h1-11,17,19H. The van der Waals surface area contributed by atoms with Gasteiger partial charge in [-0.3, -0.25) is 10.1 Å². The molecule has 0 fully saturated rings. The van der Waals surface area contributed by atoms with Crippen molar-refractivity contribution in [1.82, 2.24) is 0 Å². The number of nitrogens with one attached hydrogen (secondary N) is 1. The maximum Gasteiger partial charge on any atom is 0.272 e. The van der Waals surface area contributed by atoms with Gasteiger partial charge in [0.1, 0.15) is 0 Å². The first-order valence-corrected chi connectivity index (χ1v) is 7.82. The van der Waals surface area contributed by atoms with Crippen LogP contribution in [0.2, 0.25) is 0 Å². The summed E-state index contributed by atoms with van der Waals surface area (Å²) in [7, 11) is 0. The highest BCUT2D eigenvalue weighted by molar-refractivity contribution is 7.10. The Hall–Kier alpha value is -2.73. The van der Waals surface area contributed by atoms with Gasteiger partial charge in [-0.15, -0.1) is 11.3 Å². The van der Waals surface area contributed by atoms with Gasteiger partial charge in [0.25, 0.3) is 5.69 Å². The Morgan fingerprint density at radius 1 is 1.09 bits per heavy atom. The van der Waals surface area contributed by atoms with Crippen molar-refractivity contribution in [3.05, 3.63) is 92.4 Å². The lowest BCUT2D eigenvalue weighted by molar-refractivity contribution is -0.385. The summed E-state index contributed by atoms with van der Waals surface area (Å²) in [4.78, 5) is 11.1. The van der Waals surface area contributed by atoms with E-state index < -0.39 is 10.7 Å². The molecule has 6 heteroatoms. The third-order valence-corrected chi connectivity index (χ3v) is 4.36. The van der Waals surface area contributed by atoms with Gasteiger partial charge in [-0.1, -0.05) is 36.4 Å². The van der Waals surface area contributed by atoms with Crippen molar-refractivity contribution >= 4 is 22.7 Å². The van der Waals surface area contributed by atoms with Gasteiger partial charge in [0, 0.05) is 10.9 Å². The Bertz CT molecular complexity index is 807. The topological polar surface area (TPSA) is 55.2 Å². The normalized spacial score (nSPS) is 11.9. The molecule has 23 heavy (non-hydrogen) atoms. The van der Waals surface area contributed by atoms with Gasteiger partial charge in [-0.05, 0) is 23.1 Å². The molecule has 0 aliphatic heterocycles. The summed E-state index contributed by atoms with van der Waals surface area (Å²) < 4.78 is 14.2. The van der Waals surface area contributed by atoms with Crippen molar-refractivity contribution in [2.24, 2.45) is 0 Å². The summed E-state index contributed by atoms with van der Waals surface area (Å²) in [5.74, 6) is -0.642. The molecule has 0 saturated heterocycles. The fraction of sp³-hybridized carbons (Fsp3) is 0.0588. The van der Waals surface area contributed by atoms with E-state index in [1.54, 1.807) is 11.3 Å². The predicted molar refractivity (Wildman–Crippen MR) is 89.3 cm³/mol. The molecule has 1 unspecified atom stereocenters. The number of thiophene rings is 1. The lowest BCUT2D eigenvalue weighted by Crippen LogP contribution is -2.12. The van der Waals surface area contributed by atoms with Gasteiger partial charge in [0.05, 0.1) is 22.7 Å². The number of halogens is 1. The van der Waals surface area contributed by atoms with Gasteiger partial charge in [0.15, 0.2) is 5.82 Å². The minimum atomic E-state index is -0.642. The van der Waals surface area contributed by atoms with Gasteiger partial charge >= 0.3 is 0 Å². The molecule has 0 radical (unpaired) electrons. The fourth-order valence-electron chi connectivity index (χ4n) is 2.31. The maximum atomic E-state index is 14.2. The van der Waals surface area contributed by atoms with Crippen molar-refractivity contribution in [2.45, 2.75) is 6.04 Å². The molecule has 0 amide bonds. The molecule has 0 saturated carbocycles. The van der Waals surface area contributed by atoms with Crippen LogP contribution in [-0.2, 0) is 0 Å². The summed E-state index contributed by atoms with van der Waals surface area (Å²) in [6.45, 7) is 0. The Morgan fingerprint density at radius 3 is 2.48 bits per heavy atom. The van der Waals surface area contributed by atoms with E-state index in [4.69, 9.17) is 0 Å². The van der Waals surface area contributed by atoms with E-state index in [9.17, 15) is 14.5 Å². The molecular formula is C17H13FN2O2S. The Balaban J connectivity index is 1.95. The number of nitrogens with zero attached hydrogens (tertiary/aromatic N) is 1. The van der Waals surface area contributed by atoms with E-state index in [0.29, 0.717) is 0 Å². The SMILES string of the molecule is O=[N+]([O-])c1ccc(NC(c2ccccc2)c2cccs2)c(F)c1. The molecule has 116 valence electrons. The Morgan fingerprint density at radius 2 is 1.87 bits per heavy atom. The molecule has 0 aliphatic rings. The lowest BCUT2D eigenvalue weighted by Gasteiger charge is -2.19. The zero-order valence-corrected chi connectivity index (χ0v) is 12.8. The highest BCUT2D eigenvalue weighted by Gasteiger charge is 2.18. The largest absolute Gasteiger partial charge is 0.371 e. The quantitative estimate of drug-likeness (QED) is 0.530. The van der Waals surface area contributed by atoms with Crippen LogP contribution in [0.3, 0.4) is 0 Å². The van der Waals surface area contributed by atoms with Crippen LogP contribution in [0.5, 0.6) is 0 Å². The number of hydrogen-bond acceptors (Lipinski definition) is 4. The molecule has 4 nitrogen and oxygen atoms in total. The van der Waals surface area contributed by atoms with E-state index >= 15 is 0 Å². The van der Waals surface area contributed by atoms with Crippen LogP contribution in [0.1, 0.15) is 16.5 Å². The average Bonchev–Trinajstić information content (AvgIpc) is 3.08. The third-order valence-electron chi connectivity index (χ3n) is 3.42. The number of non-ortho nitro benzene ring substituents is 1. The van der Waals surface area contributed by atoms with Crippen molar-refractivity contribution in [3.63, 3.8) is 0 Å². The lowest BCUT2D eigenvalue weighted by atomic mass is 10.0. The molecule has 0 bridgehead atoms. The first kappa shape index (κ1) is 15.2. The second-order valence-corrected chi connectivity index (χ2v) is 5.90. The first-order chi connectivity index (χ1) is 11.1. The number of benzene rings is 2. The third kappa shape index (κ3) is 3.37. The average molecular weight is 328 g/mol. The zero-order chi connectivity index (χ0) is 16.2. The summed E-state index contributed by atoms with van der Waals surface area (Å²) in [6, 6.07) is 17.0. The van der Waals surface area contributed by atoms with E-state index in [0.717, 1.165) is 16.5 Å². The molecule has 0 spiro atoms. The minimum Gasteiger partial charge on any atom is -0.371 e. The number of rotatable bonds is 5. The minimum absolute atomic E-state index is 0.216. The van der Waals surface area contributed by atoms with Crippen LogP contribution in [0.4, 0.5) is 15.8 Å². The summed E-state index contributed by atoms with van der Waals surface area (Å²) in [5.41, 5.74) is 0.964. The first-order valence-electron chi connectivity index (χ1n) is 6.94. The Labute approximate surface area is 136 Å². The zero-order valence-electron chi connectivity index (χ0n) is 12.0. The highest BCUT2D eigenvalue weighted by atomic mass is 32.1. The number of nitro benzene ring substituents is 1. The van der Waals surface area contributed by atoms with Crippen LogP contribution < -0.4 is 5.32 Å². The van der Waals surface area contributed by atoms with Crippen molar-refractivity contribution in [1.29, 1.82) is 0 Å². The van der Waals surface area contributed by atoms with Crippen LogP contribution in [0.15, 0.2) is 66.0 Å². The molecule has 1 atom stereocenters. The van der Waals surface area contributed by atoms with Crippen molar-refractivity contribution < 1.29 is 9.31 Å². The van der Waals surface area contributed by atoms with Gasteiger partial charge in [-0.25, -0.2) is 4.39 Å². The highest BCUT2D eigenvalue weighted by Crippen LogP contribution is 2.31. The van der Waals surface area contributed by atoms with Crippen LogP contribution in [0.25, 0.3) is 0 Å². The fourth-order valence-corrected chi connectivity index (χ4v) is 3.11. The molecule has 0 aliphatic carbocycles.